The normalized spacial score (nSPS) is 14.1. The predicted molar refractivity (Wildman–Crippen MR) is 92.3 cm³/mol. The van der Waals surface area contributed by atoms with E-state index in [1.807, 2.05) is 0 Å². The molecule has 0 aliphatic rings. The molecule has 0 heterocycles. The summed E-state index contributed by atoms with van der Waals surface area (Å²) in [5.41, 5.74) is 2.93. The van der Waals surface area contributed by atoms with Crippen LogP contribution in [0.25, 0.3) is 0 Å². The summed E-state index contributed by atoms with van der Waals surface area (Å²) < 4.78 is 5.99. The van der Waals surface area contributed by atoms with E-state index < -0.39 is 0 Å². The van der Waals surface area contributed by atoms with Gasteiger partial charge in [-0.15, -0.1) is 0 Å². The minimum atomic E-state index is 0.165. The highest BCUT2D eigenvalue weighted by Gasteiger charge is 2.15. The van der Waals surface area contributed by atoms with Gasteiger partial charge in [-0.1, -0.05) is 39.8 Å². The van der Waals surface area contributed by atoms with Gasteiger partial charge in [-0.25, -0.2) is 0 Å². The molecule has 0 saturated carbocycles. The van der Waals surface area contributed by atoms with Gasteiger partial charge in [0.15, 0.2) is 0 Å². The second kappa shape index (κ2) is 6.83. The lowest BCUT2D eigenvalue weighted by molar-refractivity contribution is 0.243. The van der Waals surface area contributed by atoms with Gasteiger partial charge in [0.05, 0.1) is 6.61 Å². The molecule has 21 heavy (non-hydrogen) atoms. The Morgan fingerprint density at radius 2 is 1.71 bits per heavy atom. The van der Waals surface area contributed by atoms with Crippen LogP contribution in [0.5, 0.6) is 5.75 Å². The van der Waals surface area contributed by atoms with Crippen molar-refractivity contribution in [3.05, 3.63) is 29.3 Å². The summed E-state index contributed by atoms with van der Waals surface area (Å²) in [5.74, 6) is 1.50. The average molecular weight is 291 g/mol. The second-order valence-electron chi connectivity index (χ2n) is 8.28. The number of rotatable bonds is 5. The minimum Gasteiger partial charge on any atom is -0.493 e. The molecule has 1 atom stereocenters. The SMILES string of the molecule is Cc1cc(C(C)(C)C)ccc1OCC(C)CNC(C)(C)C. The second-order valence-corrected chi connectivity index (χ2v) is 8.28. The third-order valence-electron chi connectivity index (χ3n) is 3.55. The van der Waals surface area contributed by atoms with E-state index in [0.29, 0.717) is 5.92 Å². The fourth-order valence-corrected chi connectivity index (χ4v) is 2.05. The van der Waals surface area contributed by atoms with Crippen molar-refractivity contribution in [2.45, 2.75) is 66.3 Å². The molecule has 0 aromatic heterocycles. The maximum atomic E-state index is 5.99. The smallest absolute Gasteiger partial charge is 0.122 e. The molecule has 0 aliphatic heterocycles. The quantitative estimate of drug-likeness (QED) is 0.849. The van der Waals surface area contributed by atoms with Crippen LogP contribution in [0.2, 0.25) is 0 Å². The van der Waals surface area contributed by atoms with E-state index >= 15 is 0 Å². The van der Waals surface area contributed by atoms with Gasteiger partial charge in [0.1, 0.15) is 5.75 Å². The molecular formula is C19H33NO. The molecule has 1 N–H and O–H groups in total. The van der Waals surface area contributed by atoms with Crippen LogP contribution in [0.3, 0.4) is 0 Å². The number of benzene rings is 1. The van der Waals surface area contributed by atoms with Crippen molar-refractivity contribution in [2.75, 3.05) is 13.2 Å². The molecule has 2 heteroatoms. The van der Waals surface area contributed by atoms with Crippen molar-refractivity contribution in [1.82, 2.24) is 5.32 Å². The van der Waals surface area contributed by atoms with Crippen LogP contribution in [0.15, 0.2) is 18.2 Å². The summed E-state index contributed by atoms with van der Waals surface area (Å²) in [6.45, 7) is 19.4. The number of hydrogen-bond donors (Lipinski definition) is 1. The highest BCUT2D eigenvalue weighted by molar-refractivity contribution is 5.38. The molecule has 120 valence electrons. The Balaban J connectivity index is 2.56. The van der Waals surface area contributed by atoms with E-state index in [1.165, 1.54) is 11.1 Å². The molecule has 1 aromatic carbocycles. The van der Waals surface area contributed by atoms with E-state index in [-0.39, 0.29) is 11.0 Å². The van der Waals surface area contributed by atoms with Crippen molar-refractivity contribution in [3.63, 3.8) is 0 Å². The van der Waals surface area contributed by atoms with Gasteiger partial charge in [0.25, 0.3) is 0 Å². The lowest BCUT2D eigenvalue weighted by Gasteiger charge is -2.24. The lowest BCUT2D eigenvalue weighted by Crippen LogP contribution is -2.39. The van der Waals surface area contributed by atoms with E-state index in [9.17, 15) is 0 Å². The Morgan fingerprint density at radius 3 is 2.19 bits per heavy atom. The van der Waals surface area contributed by atoms with Crippen LogP contribution in [-0.4, -0.2) is 18.7 Å². The first kappa shape index (κ1) is 18.0. The van der Waals surface area contributed by atoms with E-state index in [1.54, 1.807) is 0 Å². The summed E-state index contributed by atoms with van der Waals surface area (Å²) in [6.07, 6.45) is 0. The first-order valence-electron chi connectivity index (χ1n) is 7.98. The van der Waals surface area contributed by atoms with Crippen LogP contribution in [0, 0.1) is 12.8 Å². The van der Waals surface area contributed by atoms with Gasteiger partial charge in [0.2, 0.25) is 0 Å². The van der Waals surface area contributed by atoms with Crippen molar-refractivity contribution >= 4 is 0 Å². The number of aryl methyl sites for hydroxylation is 1. The first-order chi connectivity index (χ1) is 9.49. The highest BCUT2D eigenvalue weighted by Crippen LogP contribution is 2.27. The van der Waals surface area contributed by atoms with Crippen LogP contribution in [0.1, 0.15) is 59.6 Å². The fraction of sp³-hybridized carbons (Fsp3) is 0.684. The van der Waals surface area contributed by atoms with Crippen molar-refractivity contribution < 1.29 is 4.74 Å². The molecular weight excluding hydrogens is 258 g/mol. The van der Waals surface area contributed by atoms with Crippen LogP contribution >= 0.6 is 0 Å². The molecule has 0 spiro atoms. The summed E-state index contributed by atoms with van der Waals surface area (Å²) in [5, 5.41) is 3.52. The van der Waals surface area contributed by atoms with Gasteiger partial charge in [-0.3, -0.25) is 0 Å². The Morgan fingerprint density at radius 1 is 1.10 bits per heavy atom. The van der Waals surface area contributed by atoms with Crippen LogP contribution < -0.4 is 10.1 Å². The van der Waals surface area contributed by atoms with E-state index in [4.69, 9.17) is 4.74 Å². The standard InChI is InChI=1S/C19H33NO/c1-14(12-20-19(6,7)8)13-21-17-10-9-16(11-15(17)2)18(3,4)5/h9-11,14,20H,12-13H2,1-8H3. The zero-order valence-electron chi connectivity index (χ0n) is 15.1. The molecule has 0 amide bonds. The third kappa shape index (κ3) is 6.52. The van der Waals surface area contributed by atoms with Crippen LogP contribution in [-0.2, 0) is 5.41 Å². The summed E-state index contributed by atoms with van der Waals surface area (Å²) in [7, 11) is 0. The average Bonchev–Trinajstić information content (AvgIpc) is 2.32. The molecule has 1 rings (SSSR count). The number of hydrogen-bond acceptors (Lipinski definition) is 2. The maximum absolute atomic E-state index is 5.99. The zero-order valence-corrected chi connectivity index (χ0v) is 15.1. The number of nitrogens with one attached hydrogen (secondary N) is 1. The zero-order chi connectivity index (χ0) is 16.3. The maximum Gasteiger partial charge on any atom is 0.122 e. The Kier molecular flexibility index (Phi) is 5.86. The monoisotopic (exact) mass is 291 g/mol. The van der Waals surface area contributed by atoms with E-state index in [2.05, 4.69) is 78.9 Å². The van der Waals surface area contributed by atoms with Gasteiger partial charge in [0, 0.05) is 18.0 Å². The molecule has 0 bridgehead atoms. The minimum absolute atomic E-state index is 0.165. The van der Waals surface area contributed by atoms with E-state index in [0.717, 1.165) is 18.9 Å². The topological polar surface area (TPSA) is 21.3 Å². The molecule has 0 saturated heterocycles. The van der Waals surface area contributed by atoms with Crippen molar-refractivity contribution in [1.29, 1.82) is 0 Å². The highest BCUT2D eigenvalue weighted by atomic mass is 16.5. The molecule has 1 aromatic rings. The Labute approximate surface area is 131 Å². The summed E-state index contributed by atoms with van der Waals surface area (Å²) in [6, 6.07) is 6.54. The largest absolute Gasteiger partial charge is 0.493 e. The predicted octanol–water partition coefficient (Wildman–Crippen LogP) is 4.70. The molecule has 2 nitrogen and oxygen atoms in total. The Bertz CT molecular complexity index is 452. The van der Waals surface area contributed by atoms with Gasteiger partial charge in [-0.05, 0) is 50.3 Å². The molecule has 1 unspecified atom stereocenters. The van der Waals surface area contributed by atoms with Crippen LogP contribution in [0.4, 0.5) is 0 Å². The lowest BCUT2D eigenvalue weighted by atomic mass is 9.86. The van der Waals surface area contributed by atoms with Gasteiger partial charge < -0.3 is 10.1 Å². The molecule has 0 aliphatic carbocycles. The third-order valence-corrected chi connectivity index (χ3v) is 3.55. The summed E-state index contributed by atoms with van der Waals surface area (Å²) >= 11 is 0. The fourth-order valence-electron chi connectivity index (χ4n) is 2.05. The van der Waals surface area contributed by atoms with Gasteiger partial charge >= 0.3 is 0 Å². The number of ether oxygens (including phenoxy) is 1. The molecule has 0 radical (unpaired) electrons. The molecule has 0 fully saturated rings. The van der Waals surface area contributed by atoms with Gasteiger partial charge in [-0.2, -0.15) is 0 Å². The first-order valence-corrected chi connectivity index (χ1v) is 7.98. The van der Waals surface area contributed by atoms with Crippen molar-refractivity contribution in [3.8, 4) is 5.75 Å². The Hall–Kier alpha value is -1.02. The van der Waals surface area contributed by atoms with Crippen molar-refractivity contribution in [2.24, 2.45) is 5.92 Å². The summed E-state index contributed by atoms with van der Waals surface area (Å²) in [4.78, 5) is 0.